The Morgan fingerprint density at radius 1 is 1.25 bits per heavy atom. The molecule has 1 aliphatic carbocycles. The van der Waals surface area contributed by atoms with Crippen LogP contribution in [0.3, 0.4) is 0 Å². The van der Waals surface area contributed by atoms with E-state index in [9.17, 15) is 0 Å². The fraction of sp³-hybridized carbons (Fsp3) is 0.412. The van der Waals surface area contributed by atoms with Crippen molar-refractivity contribution in [3.05, 3.63) is 41.2 Å². The van der Waals surface area contributed by atoms with Crippen molar-refractivity contribution in [3.8, 4) is 11.3 Å². The van der Waals surface area contributed by atoms with Gasteiger partial charge < -0.3 is 5.32 Å². The Labute approximate surface area is 120 Å². The van der Waals surface area contributed by atoms with Crippen molar-refractivity contribution in [2.24, 2.45) is 0 Å². The highest BCUT2D eigenvalue weighted by Gasteiger charge is 2.28. The quantitative estimate of drug-likeness (QED) is 0.912. The summed E-state index contributed by atoms with van der Waals surface area (Å²) >= 11 is 0. The summed E-state index contributed by atoms with van der Waals surface area (Å²) in [5, 5.41) is 3.21. The van der Waals surface area contributed by atoms with Crippen molar-refractivity contribution in [3.63, 3.8) is 0 Å². The minimum Gasteiger partial charge on any atom is -0.373 e. The molecule has 1 saturated carbocycles. The molecule has 0 bridgehead atoms. The van der Waals surface area contributed by atoms with Crippen LogP contribution < -0.4 is 5.32 Å². The molecular formula is C17H21N3. The Hall–Kier alpha value is -1.90. The largest absolute Gasteiger partial charge is 0.373 e. The summed E-state index contributed by atoms with van der Waals surface area (Å²) < 4.78 is 0. The third-order valence-electron chi connectivity index (χ3n) is 3.95. The number of nitrogens with zero attached hydrogens (tertiary/aromatic N) is 2. The Kier molecular flexibility index (Phi) is 3.43. The Bertz CT molecular complexity index is 630. The normalized spacial score (nSPS) is 14.3. The lowest BCUT2D eigenvalue weighted by atomic mass is 10.0. The van der Waals surface area contributed by atoms with Gasteiger partial charge in [0.15, 0.2) is 0 Å². The summed E-state index contributed by atoms with van der Waals surface area (Å²) in [6.07, 6.45) is 3.49. The van der Waals surface area contributed by atoms with Crippen molar-refractivity contribution in [2.45, 2.75) is 39.0 Å². The number of hydrogen-bond donors (Lipinski definition) is 1. The topological polar surface area (TPSA) is 37.8 Å². The van der Waals surface area contributed by atoms with Crippen LogP contribution >= 0.6 is 0 Å². The lowest BCUT2D eigenvalue weighted by molar-refractivity contribution is 0.923. The molecule has 3 nitrogen and oxygen atoms in total. The molecular weight excluding hydrogens is 246 g/mol. The molecule has 3 heteroatoms. The number of rotatable bonds is 4. The summed E-state index contributed by atoms with van der Waals surface area (Å²) in [7, 11) is 1.93. The maximum Gasteiger partial charge on any atom is 0.134 e. The molecule has 1 aromatic heterocycles. The van der Waals surface area contributed by atoms with Crippen LogP contribution in [0.5, 0.6) is 0 Å². The molecule has 0 spiro atoms. The standard InChI is InChI=1S/C17H21N3/c1-4-12-6-5-7-14(10-12)15-11(2)16(18-3)20-17(19-15)13-8-9-13/h5-7,10,13H,4,8-9H2,1-3H3,(H,18,19,20). The Morgan fingerprint density at radius 2 is 2.05 bits per heavy atom. The molecule has 0 radical (unpaired) electrons. The number of nitrogens with one attached hydrogen (secondary N) is 1. The molecule has 0 saturated heterocycles. The van der Waals surface area contributed by atoms with E-state index in [4.69, 9.17) is 4.98 Å². The average molecular weight is 267 g/mol. The van der Waals surface area contributed by atoms with Gasteiger partial charge in [-0.05, 0) is 37.8 Å². The van der Waals surface area contributed by atoms with Gasteiger partial charge >= 0.3 is 0 Å². The molecule has 0 unspecified atom stereocenters. The molecule has 1 aromatic carbocycles. The summed E-state index contributed by atoms with van der Waals surface area (Å²) in [5.74, 6) is 2.52. The number of benzene rings is 1. The van der Waals surface area contributed by atoms with Crippen molar-refractivity contribution in [1.29, 1.82) is 0 Å². The van der Waals surface area contributed by atoms with Gasteiger partial charge in [0.1, 0.15) is 11.6 Å². The zero-order chi connectivity index (χ0) is 14.1. The fourth-order valence-corrected chi connectivity index (χ4v) is 2.52. The van der Waals surface area contributed by atoms with Crippen molar-refractivity contribution >= 4 is 5.82 Å². The van der Waals surface area contributed by atoms with Crippen LogP contribution in [0.4, 0.5) is 5.82 Å². The summed E-state index contributed by atoms with van der Waals surface area (Å²) in [6, 6.07) is 8.67. The van der Waals surface area contributed by atoms with Gasteiger partial charge in [-0.15, -0.1) is 0 Å². The molecule has 20 heavy (non-hydrogen) atoms. The van der Waals surface area contributed by atoms with Gasteiger partial charge in [0.2, 0.25) is 0 Å². The second-order valence-electron chi connectivity index (χ2n) is 5.48. The maximum absolute atomic E-state index is 4.84. The number of aryl methyl sites for hydroxylation is 1. The van der Waals surface area contributed by atoms with Crippen LogP contribution in [0.15, 0.2) is 24.3 Å². The third-order valence-corrected chi connectivity index (χ3v) is 3.95. The average Bonchev–Trinajstić information content (AvgIpc) is 3.32. The zero-order valence-electron chi connectivity index (χ0n) is 12.4. The molecule has 104 valence electrons. The van der Waals surface area contributed by atoms with Gasteiger partial charge in [-0.1, -0.05) is 25.1 Å². The maximum atomic E-state index is 4.84. The van der Waals surface area contributed by atoms with Crippen LogP contribution in [-0.2, 0) is 6.42 Å². The van der Waals surface area contributed by atoms with Crippen LogP contribution in [-0.4, -0.2) is 17.0 Å². The van der Waals surface area contributed by atoms with E-state index < -0.39 is 0 Å². The number of aromatic nitrogens is 2. The van der Waals surface area contributed by atoms with Gasteiger partial charge in [-0.2, -0.15) is 0 Å². The van der Waals surface area contributed by atoms with E-state index in [-0.39, 0.29) is 0 Å². The SMILES string of the molecule is CCc1cccc(-c2nc(C3CC3)nc(NC)c2C)c1. The smallest absolute Gasteiger partial charge is 0.134 e. The highest BCUT2D eigenvalue weighted by Crippen LogP contribution is 2.40. The Morgan fingerprint density at radius 3 is 2.70 bits per heavy atom. The van der Waals surface area contributed by atoms with Crippen molar-refractivity contribution in [2.75, 3.05) is 12.4 Å². The van der Waals surface area contributed by atoms with Gasteiger partial charge in [-0.25, -0.2) is 9.97 Å². The van der Waals surface area contributed by atoms with E-state index in [1.165, 1.54) is 24.0 Å². The summed E-state index contributed by atoms with van der Waals surface area (Å²) in [6.45, 7) is 4.27. The van der Waals surface area contributed by atoms with E-state index in [0.717, 1.165) is 29.3 Å². The molecule has 2 aromatic rings. The fourth-order valence-electron chi connectivity index (χ4n) is 2.52. The molecule has 0 aliphatic heterocycles. The Balaban J connectivity index is 2.12. The van der Waals surface area contributed by atoms with E-state index >= 15 is 0 Å². The first-order valence-electron chi connectivity index (χ1n) is 7.38. The molecule has 0 amide bonds. The van der Waals surface area contributed by atoms with E-state index in [1.807, 2.05) is 7.05 Å². The van der Waals surface area contributed by atoms with E-state index in [1.54, 1.807) is 0 Å². The van der Waals surface area contributed by atoms with E-state index in [2.05, 4.69) is 48.4 Å². The van der Waals surface area contributed by atoms with Crippen LogP contribution in [0.1, 0.15) is 42.6 Å². The zero-order valence-corrected chi connectivity index (χ0v) is 12.4. The van der Waals surface area contributed by atoms with Crippen LogP contribution in [0, 0.1) is 6.92 Å². The van der Waals surface area contributed by atoms with E-state index in [0.29, 0.717) is 5.92 Å². The molecule has 1 aliphatic rings. The van der Waals surface area contributed by atoms with Gasteiger partial charge in [0, 0.05) is 24.1 Å². The van der Waals surface area contributed by atoms with Crippen molar-refractivity contribution < 1.29 is 0 Å². The number of anilines is 1. The minimum absolute atomic E-state index is 0.566. The highest BCUT2D eigenvalue weighted by molar-refractivity contribution is 5.68. The lowest BCUT2D eigenvalue weighted by Gasteiger charge is -2.13. The van der Waals surface area contributed by atoms with Gasteiger partial charge in [0.05, 0.1) is 5.69 Å². The van der Waals surface area contributed by atoms with Crippen molar-refractivity contribution in [1.82, 2.24) is 9.97 Å². The second kappa shape index (κ2) is 5.23. The summed E-state index contributed by atoms with van der Waals surface area (Å²) in [4.78, 5) is 9.50. The molecule has 3 rings (SSSR count). The predicted molar refractivity (Wildman–Crippen MR) is 83.1 cm³/mol. The van der Waals surface area contributed by atoms with Crippen LogP contribution in [0.2, 0.25) is 0 Å². The van der Waals surface area contributed by atoms with Crippen LogP contribution in [0.25, 0.3) is 11.3 Å². The van der Waals surface area contributed by atoms with Gasteiger partial charge in [0.25, 0.3) is 0 Å². The molecule has 1 heterocycles. The predicted octanol–water partition coefficient (Wildman–Crippen LogP) is 3.93. The molecule has 1 fully saturated rings. The monoisotopic (exact) mass is 267 g/mol. The summed E-state index contributed by atoms with van der Waals surface area (Å²) in [5.41, 5.74) is 4.74. The lowest BCUT2D eigenvalue weighted by Crippen LogP contribution is -2.04. The van der Waals surface area contributed by atoms with Gasteiger partial charge in [-0.3, -0.25) is 0 Å². The first-order chi connectivity index (χ1) is 9.72. The minimum atomic E-state index is 0.566. The number of hydrogen-bond acceptors (Lipinski definition) is 3. The third kappa shape index (κ3) is 2.40. The highest BCUT2D eigenvalue weighted by atomic mass is 15.0. The first kappa shape index (κ1) is 13.1. The molecule has 0 atom stereocenters. The first-order valence-corrected chi connectivity index (χ1v) is 7.38. The second-order valence-corrected chi connectivity index (χ2v) is 5.48. The molecule has 1 N–H and O–H groups in total.